The number of thioether (sulfide) groups is 1. The summed E-state index contributed by atoms with van der Waals surface area (Å²) < 4.78 is 9.82. The van der Waals surface area contributed by atoms with Crippen LogP contribution in [0, 0.1) is 10.7 Å². The summed E-state index contributed by atoms with van der Waals surface area (Å²) >= 11 is 1.000. The van der Waals surface area contributed by atoms with Crippen molar-refractivity contribution in [1.82, 2.24) is 0 Å². The molecule has 0 spiro atoms. The number of nitrogens with zero attached hydrogens (tertiary/aromatic N) is 1. The summed E-state index contributed by atoms with van der Waals surface area (Å²) in [7, 11) is 0. The molecule has 46 valence electrons. The van der Waals surface area contributed by atoms with Gasteiger partial charge >= 0.3 is 18.9 Å². The second-order valence-electron chi connectivity index (χ2n) is 1.24. The van der Waals surface area contributed by atoms with Crippen LogP contribution in [0.15, 0.2) is 0 Å². The van der Waals surface area contributed by atoms with Crippen molar-refractivity contribution >= 4 is 30.6 Å². The van der Waals surface area contributed by atoms with Crippen molar-refractivity contribution in [1.29, 1.82) is 5.26 Å². The predicted molar refractivity (Wildman–Crippen MR) is 36.0 cm³/mol. The average molecular weight is 139 g/mol. The van der Waals surface area contributed by atoms with Gasteiger partial charge in [0, 0.05) is 11.8 Å². The van der Waals surface area contributed by atoms with Crippen LogP contribution in [0.1, 0.15) is 0 Å². The molecule has 1 fully saturated rings. The van der Waals surface area contributed by atoms with E-state index in [0.29, 0.717) is 13.2 Å². The van der Waals surface area contributed by atoms with Gasteiger partial charge in [0.1, 0.15) is 5.40 Å². The molecule has 1 rings (SSSR count). The fraction of sp³-hybridized carbons (Fsp3) is 0.750. The molecule has 0 saturated carbocycles. The summed E-state index contributed by atoms with van der Waals surface area (Å²) in [6, 6.07) is 0. The Morgan fingerprint density at radius 2 is 2.00 bits per heavy atom. The zero-order valence-corrected chi connectivity index (χ0v) is 4.98. The van der Waals surface area contributed by atoms with Gasteiger partial charge in [-0.3, -0.25) is 0 Å². The number of ether oxygens (including phenoxy) is 2. The fourth-order valence-electron chi connectivity index (χ4n) is 0.448. The van der Waals surface area contributed by atoms with Gasteiger partial charge in [-0.15, -0.1) is 0 Å². The Balaban J connectivity index is 0.000000640. The molecule has 0 radical (unpaired) electrons. The quantitative estimate of drug-likeness (QED) is 0.375. The summed E-state index contributed by atoms with van der Waals surface area (Å²) in [6.07, 6.45) is 0. The first-order valence-corrected chi connectivity index (χ1v) is 3.09. The van der Waals surface area contributed by atoms with Gasteiger partial charge in [0.25, 0.3) is 0 Å². The third kappa shape index (κ3) is 3.15. The maximum atomic E-state index is 8.08. The summed E-state index contributed by atoms with van der Waals surface area (Å²) in [4.78, 5) is 0. The minimum absolute atomic E-state index is 0. The molecule has 0 aromatic heterocycles. The van der Waals surface area contributed by atoms with Gasteiger partial charge in [-0.1, -0.05) is 0 Å². The van der Waals surface area contributed by atoms with Gasteiger partial charge in [-0.2, -0.15) is 5.26 Å². The molecule has 3 nitrogen and oxygen atoms in total. The Hall–Kier alpha value is 0.357. The maximum absolute atomic E-state index is 8.08. The molecule has 0 atom stereocenters. The van der Waals surface area contributed by atoms with Crippen molar-refractivity contribution in [2.75, 3.05) is 13.2 Å². The zero-order chi connectivity index (χ0) is 5.82. The Morgan fingerprint density at radius 1 is 1.44 bits per heavy atom. The Bertz CT molecular complexity index is 110. The van der Waals surface area contributed by atoms with Crippen molar-refractivity contribution in [2.45, 2.75) is 5.62 Å². The fourth-order valence-corrected chi connectivity index (χ4v) is 0.862. The van der Waals surface area contributed by atoms with E-state index in [2.05, 4.69) is 0 Å². The number of hydrogen-bond donors (Lipinski definition) is 0. The third-order valence-electron chi connectivity index (χ3n) is 0.740. The van der Waals surface area contributed by atoms with Crippen LogP contribution in [0.25, 0.3) is 0 Å². The first-order chi connectivity index (χ1) is 3.93. The van der Waals surface area contributed by atoms with Gasteiger partial charge < -0.3 is 9.47 Å². The summed E-state index contributed by atoms with van der Waals surface area (Å²) in [5, 5.41) is 9.96. The van der Waals surface area contributed by atoms with Gasteiger partial charge in [0.2, 0.25) is 5.62 Å². The van der Waals surface area contributed by atoms with Gasteiger partial charge in [-0.05, 0) is 0 Å². The minimum atomic E-state index is -0.333. The molecule has 0 bridgehead atoms. The molecule has 0 unspecified atom stereocenters. The standard InChI is InChI=1S/C4H5NO2S.Li.H/c5-3-8-4-6-1-2-7-4;;/h4H,1-2H2;;. The molecule has 0 aliphatic carbocycles. The SMILES string of the molecule is N#CSC1OCCO1.[LiH]. The van der Waals surface area contributed by atoms with Gasteiger partial charge in [0.05, 0.1) is 13.2 Å². The molecule has 9 heavy (non-hydrogen) atoms. The third-order valence-corrected chi connectivity index (χ3v) is 1.31. The molecule has 1 aliphatic heterocycles. The first-order valence-electron chi connectivity index (χ1n) is 2.21. The number of rotatable bonds is 1. The molecule has 1 heterocycles. The van der Waals surface area contributed by atoms with E-state index in [0.717, 1.165) is 11.8 Å². The van der Waals surface area contributed by atoms with Crippen LogP contribution in [0.2, 0.25) is 0 Å². The van der Waals surface area contributed by atoms with Crippen LogP contribution >= 0.6 is 11.8 Å². The predicted octanol–water partition coefficient (Wildman–Crippen LogP) is -0.117. The van der Waals surface area contributed by atoms with Crippen molar-refractivity contribution in [3.05, 3.63) is 0 Å². The second kappa shape index (κ2) is 5.17. The van der Waals surface area contributed by atoms with E-state index in [1.807, 2.05) is 5.40 Å². The van der Waals surface area contributed by atoms with E-state index in [9.17, 15) is 0 Å². The molecule has 0 N–H and O–H groups in total. The van der Waals surface area contributed by atoms with Crippen molar-refractivity contribution in [3.8, 4) is 5.40 Å². The van der Waals surface area contributed by atoms with Crippen molar-refractivity contribution in [2.24, 2.45) is 0 Å². The average Bonchev–Trinajstić information content (AvgIpc) is 2.19. The van der Waals surface area contributed by atoms with Crippen LogP contribution < -0.4 is 0 Å². The van der Waals surface area contributed by atoms with E-state index in [4.69, 9.17) is 14.7 Å². The molecule has 1 aliphatic rings. The molecular weight excluding hydrogens is 133 g/mol. The monoisotopic (exact) mass is 139 g/mol. The normalized spacial score (nSPS) is 18.6. The van der Waals surface area contributed by atoms with Crippen LogP contribution in [-0.2, 0) is 9.47 Å². The van der Waals surface area contributed by atoms with Crippen molar-refractivity contribution in [3.63, 3.8) is 0 Å². The summed E-state index contributed by atoms with van der Waals surface area (Å²) in [6.45, 7) is 1.22. The molecule has 1 saturated heterocycles. The molecule has 0 aromatic rings. The Kier molecular flexibility index (Phi) is 5.37. The number of thiocyanates is 1. The second-order valence-corrected chi connectivity index (χ2v) is 2.04. The summed E-state index contributed by atoms with van der Waals surface area (Å²) in [5.74, 6) is 0. The van der Waals surface area contributed by atoms with Gasteiger partial charge in [-0.25, -0.2) is 0 Å². The molecular formula is C4H6LiNO2S. The van der Waals surface area contributed by atoms with E-state index in [1.54, 1.807) is 0 Å². The van der Waals surface area contributed by atoms with Crippen LogP contribution in [-0.4, -0.2) is 37.7 Å². The topological polar surface area (TPSA) is 42.2 Å². The Morgan fingerprint density at radius 3 is 2.44 bits per heavy atom. The van der Waals surface area contributed by atoms with Crippen LogP contribution in [0.4, 0.5) is 0 Å². The van der Waals surface area contributed by atoms with Crippen LogP contribution in [0.3, 0.4) is 0 Å². The number of hydrogen-bond acceptors (Lipinski definition) is 4. The summed E-state index contributed by atoms with van der Waals surface area (Å²) in [5.41, 5.74) is -0.333. The number of nitriles is 1. The molecule has 0 aromatic carbocycles. The molecule has 0 amide bonds. The van der Waals surface area contributed by atoms with E-state index < -0.39 is 0 Å². The first kappa shape index (κ1) is 9.36. The molecule has 5 heteroatoms. The van der Waals surface area contributed by atoms with E-state index in [-0.39, 0.29) is 24.5 Å². The van der Waals surface area contributed by atoms with Gasteiger partial charge in [0.15, 0.2) is 0 Å². The zero-order valence-electron chi connectivity index (χ0n) is 4.16. The van der Waals surface area contributed by atoms with Crippen LogP contribution in [0.5, 0.6) is 0 Å². The Labute approximate surface area is 69.9 Å². The van der Waals surface area contributed by atoms with E-state index in [1.165, 1.54) is 0 Å². The van der Waals surface area contributed by atoms with E-state index >= 15 is 0 Å². The van der Waals surface area contributed by atoms with Crippen molar-refractivity contribution < 1.29 is 9.47 Å².